The predicted octanol–water partition coefficient (Wildman–Crippen LogP) is 2.71. The highest BCUT2D eigenvalue weighted by atomic mass is 35.5. The number of hydrogen-bond acceptors (Lipinski definition) is 1. The molecule has 0 saturated heterocycles. The second-order valence-corrected chi connectivity index (χ2v) is 4.60. The molecule has 1 heterocycles. The van der Waals surface area contributed by atoms with E-state index >= 15 is 0 Å². The van der Waals surface area contributed by atoms with Gasteiger partial charge in [-0.1, -0.05) is 17.7 Å². The van der Waals surface area contributed by atoms with Crippen molar-refractivity contribution in [3.63, 3.8) is 0 Å². The first-order valence-electron chi connectivity index (χ1n) is 5.31. The number of carbonyl (C=O) groups excluding carboxylic acids is 1. The Morgan fingerprint density at radius 3 is 2.94 bits per heavy atom. The molecular formula is C12H11ClN2O. The Morgan fingerprint density at radius 1 is 1.38 bits per heavy atom. The second-order valence-electron chi connectivity index (χ2n) is 4.16. The molecule has 2 aromatic rings. The Kier molecular flexibility index (Phi) is 2.14. The molecule has 0 atom stereocenters. The molecule has 0 spiro atoms. The Bertz CT molecular complexity index is 557. The minimum absolute atomic E-state index is 0.0326. The Balaban J connectivity index is 1.94. The lowest BCUT2D eigenvalue weighted by molar-refractivity contribution is 0.0947. The van der Waals surface area contributed by atoms with Crippen molar-refractivity contribution < 1.29 is 4.79 Å². The van der Waals surface area contributed by atoms with Gasteiger partial charge in [0, 0.05) is 22.0 Å². The van der Waals surface area contributed by atoms with Gasteiger partial charge in [0.25, 0.3) is 5.91 Å². The zero-order valence-electron chi connectivity index (χ0n) is 8.59. The summed E-state index contributed by atoms with van der Waals surface area (Å²) in [6, 6.07) is 7.78. The van der Waals surface area contributed by atoms with E-state index in [1.807, 2.05) is 24.3 Å². The molecule has 82 valence electrons. The summed E-state index contributed by atoms with van der Waals surface area (Å²) in [7, 11) is 0. The summed E-state index contributed by atoms with van der Waals surface area (Å²) >= 11 is 5.88. The first kappa shape index (κ1) is 9.73. The molecule has 3 rings (SSSR count). The van der Waals surface area contributed by atoms with E-state index in [1.54, 1.807) is 0 Å². The summed E-state index contributed by atoms with van der Waals surface area (Å²) in [6.07, 6.45) is 2.19. The summed E-state index contributed by atoms with van der Waals surface area (Å²) in [4.78, 5) is 14.8. The fourth-order valence-corrected chi connectivity index (χ4v) is 1.88. The molecule has 0 bridgehead atoms. The van der Waals surface area contributed by atoms with Gasteiger partial charge in [0.05, 0.1) is 0 Å². The van der Waals surface area contributed by atoms with Crippen LogP contribution in [0, 0.1) is 0 Å². The van der Waals surface area contributed by atoms with Crippen molar-refractivity contribution in [3.05, 3.63) is 35.0 Å². The first-order valence-corrected chi connectivity index (χ1v) is 5.69. The number of carbonyl (C=O) groups is 1. The molecule has 1 amide bonds. The third-order valence-electron chi connectivity index (χ3n) is 2.74. The first-order chi connectivity index (χ1) is 7.72. The molecule has 0 aliphatic heterocycles. The molecule has 1 aromatic heterocycles. The van der Waals surface area contributed by atoms with Crippen molar-refractivity contribution in [2.24, 2.45) is 0 Å². The quantitative estimate of drug-likeness (QED) is 0.825. The maximum absolute atomic E-state index is 11.8. The fraction of sp³-hybridized carbons (Fsp3) is 0.250. The van der Waals surface area contributed by atoms with Crippen molar-refractivity contribution in [1.29, 1.82) is 0 Å². The number of nitrogens with one attached hydrogen (secondary N) is 2. The smallest absolute Gasteiger partial charge is 0.267 e. The van der Waals surface area contributed by atoms with Crippen molar-refractivity contribution in [2.75, 3.05) is 0 Å². The average molecular weight is 235 g/mol. The van der Waals surface area contributed by atoms with Crippen LogP contribution in [0.1, 0.15) is 23.3 Å². The molecular weight excluding hydrogens is 224 g/mol. The van der Waals surface area contributed by atoms with E-state index in [0.29, 0.717) is 16.8 Å². The summed E-state index contributed by atoms with van der Waals surface area (Å²) in [5.74, 6) is -0.0326. The van der Waals surface area contributed by atoms with Crippen molar-refractivity contribution in [2.45, 2.75) is 18.9 Å². The number of aromatic amines is 1. The molecule has 2 N–H and O–H groups in total. The summed E-state index contributed by atoms with van der Waals surface area (Å²) in [5, 5.41) is 4.62. The predicted molar refractivity (Wildman–Crippen MR) is 63.8 cm³/mol. The molecule has 1 fully saturated rings. The Hall–Kier alpha value is -1.48. The van der Waals surface area contributed by atoms with Crippen LogP contribution in [0.2, 0.25) is 5.02 Å². The topological polar surface area (TPSA) is 44.9 Å². The average Bonchev–Trinajstić information content (AvgIpc) is 2.95. The minimum atomic E-state index is -0.0326. The van der Waals surface area contributed by atoms with E-state index < -0.39 is 0 Å². The lowest BCUT2D eigenvalue weighted by Crippen LogP contribution is -2.25. The molecule has 1 aliphatic carbocycles. The van der Waals surface area contributed by atoms with Gasteiger partial charge in [-0.05, 0) is 31.0 Å². The molecule has 0 unspecified atom stereocenters. The molecule has 4 heteroatoms. The second kappa shape index (κ2) is 3.52. The van der Waals surface area contributed by atoms with E-state index in [2.05, 4.69) is 10.3 Å². The van der Waals surface area contributed by atoms with Crippen LogP contribution in [0.4, 0.5) is 0 Å². The molecule has 3 nitrogen and oxygen atoms in total. The standard InChI is InChI=1S/C12H11ClN2O/c13-8-2-1-7-5-11(15-10(7)6-8)12(16)14-9-3-4-9/h1-2,5-6,9,15H,3-4H2,(H,14,16). The monoisotopic (exact) mass is 234 g/mol. The highest BCUT2D eigenvalue weighted by Crippen LogP contribution is 2.22. The minimum Gasteiger partial charge on any atom is -0.350 e. The van der Waals surface area contributed by atoms with E-state index in [0.717, 1.165) is 23.7 Å². The lowest BCUT2D eigenvalue weighted by atomic mass is 10.2. The Labute approximate surface area is 97.8 Å². The number of amides is 1. The van der Waals surface area contributed by atoms with E-state index in [1.165, 1.54) is 0 Å². The van der Waals surface area contributed by atoms with Crippen molar-refractivity contribution in [1.82, 2.24) is 10.3 Å². The van der Waals surface area contributed by atoms with Crippen molar-refractivity contribution in [3.8, 4) is 0 Å². The van der Waals surface area contributed by atoms with Gasteiger partial charge in [-0.25, -0.2) is 0 Å². The van der Waals surface area contributed by atoms with Gasteiger partial charge in [0.2, 0.25) is 0 Å². The third-order valence-corrected chi connectivity index (χ3v) is 2.98. The highest BCUT2D eigenvalue weighted by molar-refractivity contribution is 6.31. The van der Waals surface area contributed by atoms with Crippen LogP contribution in [0.15, 0.2) is 24.3 Å². The maximum Gasteiger partial charge on any atom is 0.267 e. The van der Waals surface area contributed by atoms with Gasteiger partial charge in [-0.2, -0.15) is 0 Å². The number of hydrogen-bond donors (Lipinski definition) is 2. The van der Waals surface area contributed by atoms with Gasteiger partial charge >= 0.3 is 0 Å². The van der Waals surface area contributed by atoms with Crippen LogP contribution in [-0.4, -0.2) is 16.9 Å². The van der Waals surface area contributed by atoms with Crippen LogP contribution in [0.3, 0.4) is 0 Å². The SMILES string of the molecule is O=C(NC1CC1)c1cc2ccc(Cl)cc2[nH]1. The van der Waals surface area contributed by atoms with Crippen LogP contribution >= 0.6 is 11.6 Å². The highest BCUT2D eigenvalue weighted by Gasteiger charge is 2.24. The Morgan fingerprint density at radius 2 is 2.19 bits per heavy atom. The molecule has 0 radical (unpaired) electrons. The largest absolute Gasteiger partial charge is 0.350 e. The van der Waals surface area contributed by atoms with Gasteiger partial charge in [-0.15, -0.1) is 0 Å². The molecule has 1 aliphatic rings. The summed E-state index contributed by atoms with van der Waals surface area (Å²) < 4.78 is 0. The molecule has 16 heavy (non-hydrogen) atoms. The third kappa shape index (κ3) is 1.78. The van der Waals surface area contributed by atoms with E-state index in [9.17, 15) is 4.79 Å². The van der Waals surface area contributed by atoms with Gasteiger partial charge < -0.3 is 10.3 Å². The van der Waals surface area contributed by atoms with Crippen LogP contribution < -0.4 is 5.32 Å². The van der Waals surface area contributed by atoms with E-state index in [4.69, 9.17) is 11.6 Å². The zero-order chi connectivity index (χ0) is 11.1. The van der Waals surface area contributed by atoms with Gasteiger partial charge in [0.1, 0.15) is 5.69 Å². The fourth-order valence-electron chi connectivity index (χ4n) is 1.71. The lowest BCUT2D eigenvalue weighted by Gasteiger charge is -1.98. The molecule has 1 aromatic carbocycles. The maximum atomic E-state index is 11.8. The molecule has 1 saturated carbocycles. The number of fused-ring (bicyclic) bond motifs is 1. The van der Waals surface area contributed by atoms with Crippen molar-refractivity contribution >= 4 is 28.4 Å². The summed E-state index contributed by atoms with van der Waals surface area (Å²) in [6.45, 7) is 0. The van der Waals surface area contributed by atoms with E-state index in [-0.39, 0.29) is 5.91 Å². The normalized spacial score (nSPS) is 15.3. The zero-order valence-corrected chi connectivity index (χ0v) is 9.34. The van der Waals surface area contributed by atoms with Crippen LogP contribution in [0.25, 0.3) is 10.9 Å². The summed E-state index contributed by atoms with van der Waals surface area (Å²) in [5.41, 5.74) is 1.50. The van der Waals surface area contributed by atoms with Crippen LogP contribution in [-0.2, 0) is 0 Å². The van der Waals surface area contributed by atoms with Crippen LogP contribution in [0.5, 0.6) is 0 Å². The number of aromatic nitrogens is 1. The number of H-pyrrole nitrogens is 1. The van der Waals surface area contributed by atoms with Gasteiger partial charge in [-0.3, -0.25) is 4.79 Å². The number of halogens is 1. The number of rotatable bonds is 2. The number of benzene rings is 1. The van der Waals surface area contributed by atoms with Gasteiger partial charge in [0.15, 0.2) is 0 Å².